The molecule has 1 atom stereocenters. The van der Waals surface area contributed by atoms with Gasteiger partial charge in [-0.15, -0.1) is 0 Å². The maximum absolute atomic E-state index is 11.5. The second-order valence-electron chi connectivity index (χ2n) is 11.0. The van der Waals surface area contributed by atoms with Crippen LogP contribution in [-0.2, 0) is 19.2 Å². The van der Waals surface area contributed by atoms with Crippen molar-refractivity contribution in [2.24, 2.45) is 0 Å². The molecule has 2 aliphatic heterocycles. The highest BCUT2D eigenvalue weighted by atomic mass is 16.2. The van der Waals surface area contributed by atoms with Crippen LogP contribution >= 0.6 is 0 Å². The van der Waals surface area contributed by atoms with Crippen LogP contribution in [0.15, 0.2) is 60.7 Å². The molecule has 0 spiro atoms. The van der Waals surface area contributed by atoms with Crippen molar-refractivity contribution in [2.45, 2.75) is 88.5 Å². The van der Waals surface area contributed by atoms with Gasteiger partial charge in [0.05, 0.1) is 6.42 Å². The van der Waals surface area contributed by atoms with Crippen LogP contribution in [0.3, 0.4) is 0 Å². The summed E-state index contributed by atoms with van der Waals surface area (Å²) in [5, 5.41) is 7.46. The van der Waals surface area contributed by atoms with E-state index in [1.54, 1.807) is 0 Å². The van der Waals surface area contributed by atoms with E-state index in [9.17, 15) is 19.2 Å². The molecular formula is C32H40N4O4. The lowest BCUT2D eigenvalue weighted by molar-refractivity contribution is -0.126. The smallest absolute Gasteiger partial charge is 0.250 e. The maximum Gasteiger partial charge on any atom is 0.250 e. The van der Waals surface area contributed by atoms with E-state index in [1.807, 2.05) is 29.6 Å². The number of hydrogen-bond acceptors (Lipinski definition) is 6. The zero-order chi connectivity index (χ0) is 28.3. The van der Waals surface area contributed by atoms with Crippen LogP contribution in [0.4, 0.5) is 11.4 Å². The summed E-state index contributed by atoms with van der Waals surface area (Å²) in [5.41, 5.74) is 10.3. The van der Waals surface area contributed by atoms with Crippen molar-refractivity contribution in [3.63, 3.8) is 0 Å². The Bertz CT molecular complexity index is 1180. The molecule has 0 aromatic heterocycles. The largest absolute Gasteiger partial charge is 0.399 e. The average molecular weight is 545 g/mol. The number of rotatable bonds is 4. The maximum atomic E-state index is 11.5. The number of anilines is 2. The normalized spacial score (nSPS) is 21.1. The molecular weight excluding hydrogens is 504 g/mol. The molecule has 212 valence electrons. The number of hydrogen-bond donors (Lipinski definition) is 4. The Balaban J connectivity index is 0.000000157. The van der Waals surface area contributed by atoms with Crippen molar-refractivity contribution in [1.29, 1.82) is 0 Å². The van der Waals surface area contributed by atoms with E-state index < -0.39 is 6.04 Å². The van der Waals surface area contributed by atoms with Gasteiger partial charge in [-0.1, -0.05) is 62.8 Å². The fourth-order valence-electron chi connectivity index (χ4n) is 5.72. The fraction of sp³-hybridized carbons (Fsp3) is 0.438. The summed E-state index contributed by atoms with van der Waals surface area (Å²) in [5.74, 6) is 0.399. The summed E-state index contributed by atoms with van der Waals surface area (Å²) in [6, 6.07) is 16.3. The van der Waals surface area contributed by atoms with Crippen molar-refractivity contribution in [2.75, 3.05) is 11.1 Å². The van der Waals surface area contributed by atoms with Crippen molar-refractivity contribution in [3.05, 3.63) is 71.8 Å². The van der Waals surface area contributed by atoms with Crippen LogP contribution in [0.2, 0.25) is 0 Å². The molecule has 4 amide bonds. The van der Waals surface area contributed by atoms with Crippen molar-refractivity contribution < 1.29 is 19.2 Å². The lowest BCUT2D eigenvalue weighted by atomic mass is 9.84. The standard InChI is InChI=1S/C16H20N2O2.C12H17N.C4H3NO2/c19-15-10-14(16(20)18-15)17-13-8-6-12(7-9-13)11-4-2-1-3-5-11;13-12-8-6-11(7-9-12)10-4-2-1-3-5-10;6-3-1-2-4(7)5-3/h6-9,11,14,17H,1-5,10H2,(H,18,19,20);6-10H,1-5,13H2;1-2H,(H,5,6,7). The molecule has 5 N–H and O–H groups in total. The third-order valence-electron chi connectivity index (χ3n) is 7.94. The number of amides is 4. The molecule has 8 heteroatoms. The quantitative estimate of drug-likeness (QED) is 0.314. The Labute approximate surface area is 236 Å². The van der Waals surface area contributed by atoms with Crippen LogP contribution in [-0.4, -0.2) is 29.7 Å². The van der Waals surface area contributed by atoms with Crippen LogP contribution in [0.25, 0.3) is 0 Å². The molecule has 2 heterocycles. The van der Waals surface area contributed by atoms with Gasteiger partial charge < -0.3 is 11.1 Å². The minimum atomic E-state index is -0.428. The summed E-state index contributed by atoms with van der Waals surface area (Å²) < 4.78 is 0. The lowest BCUT2D eigenvalue weighted by Crippen LogP contribution is -2.29. The first-order valence-corrected chi connectivity index (χ1v) is 14.5. The van der Waals surface area contributed by atoms with Crippen molar-refractivity contribution in [1.82, 2.24) is 10.6 Å². The van der Waals surface area contributed by atoms with E-state index in [1.165, 1.54) is 87.5 Å². The summed E-state index contributed by atoms with van der Waals surface area (Å²) in [6.45, 7) is 0. The molecule has 1 unspecified atom stereocenters. The van der Waals surface area contributed by atoms with E-state index in [4.69, 9.17) is 5.73 Å². The Morgan fingerprint density at radius 2 is 1.10 bits per heavy atom. The number of nitrogens with two attached hydrogens (primary N) is 1. The first-order valence-electron chi connectivity index (χ1n) is 14.5. The van der Waals surface area contributed by atoms with E-state index in [0.29, 0.717) is 5.92 Å². The lowest BCUT2D eigenvalue weighted by Gasteiger charge is -2.22. The van der Waals surface area contributed by atoms with Crippen molar-refractivity contribution in [3.8, 4) is 0 Å². The molecule has 3 fully saturated rings. The Morgan fingerprint density at radius 1 is 0.625 bits per heavy atom. The van der Waals surface area contributed by atoms with Gasteiger partial charge in [-0.05, 0) is 72.9 Å². The van der Waals surface area contributed by atoms with Crippen LogP contribution < -0.4 is 21.7 Å². The molecule has 8 nitrogen and oxygen atoms in total. The van der Waals surface area contributed by atoms with E-state index in [0.717, 1.165) is 17.3 Å². The second-order valence-corrected chi connectivity index (χ2v) is 11.0. The first-order chi connectivity index (χ1) is 19.4. The number of carbonyl (C=O) groups excluding carboxylic acids is 4. The van der Waals surface area contributed by atoms with Gasteiger partial charge in [0.1, 0.15) is 6.04 Å². The summed E-state index contributed by atoms with van der Waals surface area (Å²) in [7, 11) is 0. The molecule has 6 rings (SSSR count). The molecule has 0 bridgehead atoms. The SMILES string of the molecule is Nc1ccc(C2CCCCC2)cc1.O=C1C=CC(=O)N1.O=C1CC(Nc2ccc(C3CCCCC3)cc2)C(=O)N1. The number of carbonyl (C=O) groups is 4. The summed E-state index contributed by atoms with van der Waals surface area (Å²) in [4.78, 5) is 42.7. The topological polar surface area (TPSA) is 130 Å². The van der Waals surface area contributed by atoms with Gasteiger partial charge in [0.15, 0.2) is 0 Å². The van der Waals surface area contributed by atoms with Gasteiger partial charge in [-0.25, -0.2) is 0 Å². The van der Waals surface area contributed by atoms with Gasteiger partial charge in [-0.3, -0.25) is 29.8 Å². The molecule has 2 aliphatic carbocycles. The number of nitrogens with one attached hydrogen (secondary N) is 3. The molecule has 40 heavy (non-hydrogen) atoms. The van der Waals surface area contributed by atoms with Crippen LogP contribution in [0.5, 0.6) is 0 Å². The first kappa shape index (κ1) is 29.1. The molecule has 2 saturated carbocycles. The number of imide groups is 2. The average Bonchev–Trinajstić information content (AvgIpc) is 3.52. The third kappa shape index (κ3) is 8.79. The van der Waals surface area contributed by atoms with Crippen LogP contribution in [0, 0.1) is 0 Å². The predicted molar refractivity (Wildman–Crippen MR) is 156 cm³/mol. The monoisotopic (exact) mass is 544 g/mol. The molecule has 1 saturated heterocycles. The minimum Gasteiger partial charge on any atom is -0.399 e. The Hall–Kier alpha value is -3.94. The van der Waals surface area contributed by atoms with Gasteiger partial charge in [0.25, 0.3) is 11.8 Å². The minimum absolute atomic E-state index is 0.202. The zero-order valence-electron chi connectivity index (χ0n) is 23.0. The van der Waals surface area contributed by atoms with Gasteiger partial charge in [-0.2, -0.15) is 0 Å². The zero-order valence-corrected chi connectivity index (χ0v) is 23.0. The molecule has 0 radical (unpaired) electrons. The predicted octanol–water partition coefficient (Wildman–Crippen LogP) is 5.08. The molecule has 2 aromatic rings. The summed E-state index contributed by atoms with van der Waals surface area (Å²) in [6.07, 6.45) is 16.2. The van der Waals surface area contributed by atoms with E-state index >= 15 is 0 Å². The van der Waals surface area contributed by atoms with Gasteiger partial charge in [0, 0.05) is 23.5 Å². The van der Waals surface area contributed by atoms with E-state index in [-0.39, 0.29) is 30.0 Å². The van der Waals surface area contributed by atoms with Crippen molar-refractivity contribution >= 4 is 35.0 Å². The highest BCUT2D eigenvalue weighted by molar-refractivity contribution is 6.12. The molecule has 4 aliphatic rings. The highest BCUT2D eigenvalue weighted by Gasteiger charge is 2.30. The third-order valence-corrected chi connectivity index (χ3v) is 7.94. The number of nitrogen functional groups attached to an aromatic ring is 1. The molecule has 2 aromatic carbocycles. The fourth-order valence-corrected chi connectivity index (χ4v) is 5.72. The number of benzene rings is 2. The second kappa shape index (κ2) is 14.4. The Morgan fingerprint density at radius 3 is 1.50 bits per heavy atom. The van der Waals surface area contributed by atoms with Gasteiger partial charge >= 0.3 is 0 Å². The summed E-state index contributed by atoms with van der Waals surface area (Å²) >= 11 is 0. The highest BCUT2D eigenvalue weighted by Crippen LogP contribution is 2.34. The Kier molecular flexibility index (Phi) is 10.5. The van der Waals surface area contributed by atoms with E-state index in [2.05, 4.69) is 34.9 Å². The van der Waals surface area contributed by atoms with Crippen LogP contribution in [0.1, 0.15) is 93.6 Å². The van der Waals surface area contributed by atoms with Gasteiger partial charge in [0.2, 0.25) is 11.8 Å².